The van der Waals surface area contributed by atoms with Gasteiger partial charge < -0.3 is 9.64 Å². The molecule has 0 spiro atoms. The van der Waals surface area contributed by atoms with Crippen molar-refractivity contribution in [3.05, 3.63) is 29.8 Å². The van der Waals surface area contributed by atoms with Gasteiger partial charge in [0.1, 0.15) is 0 Å². The number of likely N-dealkylation sites (tertiary alicyclic amines) is 1. The molecule has 0 unspecified atom stereocenters. The second kappa shape index (κ2) is 9.94. The number of methoxy groups -OCH3 is 1. The summed E-state index contributed by atoms with van der Waals surface area (Å²) in [5.41, 5.74) is 0.956. The molecule has 0 aromatic heterocycles. The molecule has 0 radical (unpaired) electrons. The minimum absolute atomic E-state index is 0.0666. The first kappa shape index (κ1) is 19.1. The quantitative estimate of drug-likeness (QED) is 0.664. The Morgan fingerprint density at radius 2 is 1.73 bits per heavy atom. The van der Waals surface area contributed by atoms with Gasteiger partial charge in [0.2, 0.25) is 0 Å². The van der Waals surface area contributed by atoms with Crippen molar-refractivity contribution in [3.63, 3.8) is 0 Å². The lowest BCUT2D eigenvalue weighted by atomic mass is 10.1. The molecule has 22 heavy (non-hydrogen) atoms. The molecule has 1 aromatic rings. The maximum atomic E-state index is 10.5. The fraction of sp³-hybridized carbons (Fsp3) is 0.625. The molecule has 5 nitrogen and oxygen atoms in total. The van der Waals surface area contributed by atoms with E-state index < -0.39 is 10.1 Å². The van der Waals surface area contributed by atoms with E-state index in [9.17, 15) is 8.42 Å². The Balaban J connectivity index is 0.000000220. The highest BCUT2D eigenvalue weighted by Gasteiger charge is 2.08. The van der Waals surface area contributed by atoms with E-state index in [2.05, 4.69) is 4.90 Å². The number of rotatable bonds is 5. The lowest BCUT2D eigenvalue weighted by Crippen LogP contribution is -2.31. The Bertz CT molecular complexity index is 507. The van der Waals surface area contributed by atoms with Crippen molar-refractivity contribution in [2.75, 3.05) is 33.4 Å². The monoisotopic (exact) mass is 329 g/mol. The molecule has 6 heteroatoms. The highest BCUT2D eigenvalue weighted by molar-refractivity contribution is 7.85. The molecule has 0 atom stereocenters. The average Bonchev–Trinajstić information content (AvgIpc) is 2.49. The van der Waals surface area contributed by atoms with E-state index in [1.807, 2.05) is 6.92 Å². The van der Waals surface area contributed by atoms with Crippen LogP contribution in [0.2, 0.25) is 0 Å². The van der Waals surface area contributed by atoms with Crippen LogP contribution in [-0.2, 0) is 14.9 Å². The smallest absolute Gasteiger partial charge is 0.294 e. The predicted octanol–water partition coefficient (Wildman–Crippen LogP) is 2.75. The Labute approximate surface area is 134 Å². The highest BCUT2D eigenvalue weighted by Crippen LogP contribution is 2.09. The molecule has 0 saturated carbocycles. The fourth-order valence-electron chi connectivity index (χ4n) is 2.33. The molecular formula is C16H27NO4S. The van der Waals surface area contributed by atoms with Crippen molar-refractivity contribution in [2.24, 2.45) is 0 Å². The zero-order valence-electron chi connectivity index (χ0n) is 13.5. The zero-order chi connectivity index (χ0) is 16.4. The van der Waals surface area contributed by atoms with Gasteiger partial charge in [-0.1, -0.05) is 24.1 Å². The van der Waals surface area contributed by atoms with Crippen molar-refractivity contribution >= 4 is 10.1 Å². The summed E-state index contributed by atoms with van der Waals surface area (Å²) >= 11 is 0. The van der Waals surface area contributed by atoms with Crippen LogP contribution in [0.3, 0.4) is 0 Å². The first-order valence-corrected chi connectivity index (χ1v) is 9.13. The Hall–Kier alpha value is -0.950. The largest absolute Gasteiger partial charge is 0.385 e. The maximum absolute atomic E-state index is 10.5. The third-order valence-electron chi connectivity index (χ3n) is 3.59. The summed E-state index contributed by atoms with van der Waals surface area (Å²) in [6, 6.07) is 5.99. The summed E-state index contributed by atoms with van der Waals surface area (Å²) in [4.78, 5) is 2.48. The van der Waals surface area contributed by atoms with Gasteiger partial charge in [-0.2, -0.15) is 8.42 Å². The van der Waals surface area contributed by atoms with Gasteiger partial charge >= 0.3 is 0 Å². The van der Waals surface area contributed by atoms with Crippen molar-refractivity contribution in [1.29, 1.82) is 0 Å². The normalized spacial score (nSPS) is 16.0. The van der Waals surface area contributed by atoms with Crippen LogP contribution < -0.4 is 0 Å². The van der Waals surface area contributed by atoms with E-state index in [0.717, 1.165) is 12.2 Å². The second-order valence-corrected chi connectivity index (χ2v) is 6.96. The standard InChI is InChI=1S/C9H19NO.C7H8O3S/c1-11-9-5-8-10-6-3-2-4-7-10;1-6-2-4-7(5-3-6)11(8,9)10/h2-9H2,1H3;2-5H,1H3,(H,8,9,10). The van der Waals surface area contributed by atoms with Crippen LogP contribution in [0.15, 0.2) is 29.2 Å². The van der Waals surface area contributed by atoms with Gasteiger partial charge in [-0.05, 0) is 51.4 Å². The molecule has 126 valence electrons. The molecule has 1 saturated heterocycles. The first-order valence-electron chi connectivity index (χ1n) is 7.69. The average molecular weight is 329 g/mol. The summed E-state index contributed by atoms with van der Waals surface area (Å²) in [6.45, 7) is 6.60. The number of nitrogens with zero attached hydrogens (tertiary/aromatic N) is 1. The van der Waals surface area contributed by atoms with Crippen LogP contribution in [0.4, 0.5) is 0 Å². The van der Waals surface area contributed by atoms with Gasteiger partial charge in [-0.15, -0.1) is 0 Å². The van der Waals surface area contributed by atoms with Crippen LogP contribution in [0.25, 0.3) is 0 Å². The topological polar surface area (TPSA) is 66.8 Å². The number of hydrogen-bond acceptors (Lipinski definition) is 4. The lowest BCUT2D eigenvalue weighted by Gasteiger charge is -2.25. The molecule has 1 aliphatic heterocycles. The molecule has 0 bridgehead atoms. The summed E-state index contributed by atoms with van der Waals surface area (Å²) in [7, 11) is -2.25. The second-order valence-electron chi connectivity index (χ2n) is 5.54. The van der Waals surface area contributed by atoms with E-state index in [1.54, 1.807) is 19.2 Å². The van der Waals surface area contributed by atoms with Gasteiger partial charge in [0.15, 0.2) is 0 Å². The molecular weight excluding hydrogens is 302 g/mol. The van der Waals surface area contributed by atoms with Crippen LogP contribution in [0.5, 0.6) is 0 Å². The Kier molecular flexibility index (Phi) is 8.63. The SMILES string of the molecule is COCCCN1CCCCC1.Cc1ccc(S(=O)(=O)O)cc1. The van der Waals surface area contributed by atoms with E-state index in [-0.39, 0.29) is 4.90 Å². The van der Waals surface area contributed by atoms with Crippen molar-refractivity contribution in [1.82, 2.24) is 4.90 Å². The number of piperidine rings is 1. The molecule has 0 aliphatic carbocycles. The van der Waals surface area contributed by atoms with Crippen molar-refractivity contribution < 1.29 is 17.7 Å². The summed E-state index contributed by atoms with van der Waals surface area (Å²) in [5.74, 6) is 0. The van der Waals surface area contributed by atoms with E-state index in [1.165, 1.54) is 57.5 Å². The van der Waals surface area contributed by atoms with E-state index in [0.29, 0.717) is 0 Å². The molecule has 1 heterocycles. The molecule has 2 rings (SSSR count). The predicted molar refractivity (Wildman–Crippen MR) is 87.8 cm³/mol. The zero-order valence-corrected chi connectivity index (χ0v) is 14.3. The number of aryl methyl sites for hydroxylation is 1. The summed E-state index contributed by atoms with van der Waals surface area (Å²) in [6.07, 6.45) is 5.41. The molecule has 0 amide bonds. The summed E-state index contributed by atoms with van der Waals surface area (Å²) in [5, 5.41) is 0. The molecule has 1 aromatic carbocycles. The minimum Gasteiger partial charge on any atom is -0.385 e. The van der Waals surface area contributed by atoms with Gasteiger partial charge in [-0.3, -0.25) is 4.55 Å². The third kappa shape index (κ3) is 7.89. The van der Waals surface area contributed by atoms with Crippen LogP contribution >= 0.6 is 0 Å². The number of benzene rings is 1. The van der Waals surface area contributed by atoms with Gasteiger partial charge in [0.25, 0.3) is 10.1 Å². The van der Waals surface area contributed by atoms with Crippen LogP contribution in [0.1, 0.15) is 31.2 Å². The lowest BCUT2D eigenvalue weighted by molar-refractivity contribution is 0.162. The molecule has 1 N–H and O–H groups in total. The minimum atomic E-state index is -4.02. The van der Waals surface area contributed by atoms with Gasteiger partial charge in [0.05, 0.1) is 4.90 Å². The van der Waals surface area contributed by atoms with E-state index >= 15 is 0 Å². The van der Waals surface area contributed by atoms with Crippen LogP contribution in [-0.4, -0.2) is 51.2 Å². The summed E-state index contributed by atoms with van der Waals surface area (Å²) < 4.78 is 34.6. The highest BCUT2D eigenvalue weighted by atomic mass is 32.2. The van der Waals surface area contributed by atoms with Crippen molar-refractivity contribution in [2.45, 2.75) is 37.5 Å². The van der Waals surface area contributed by atoms with Gasteiger partial charge in [-0.25, -0.2) is 0 Å². The first-order chi connectivity index (χ1) is 10.4. The number of hydrogen-bond donors (Lipinski definition) is 1. The maximum Gasteiger partial charge on any atom is 0.294 e. The fourth-order valence-corrected chi connectivity index (χ4v) is 2.81. The van der Waals surface area contributed by atoms with E-state index in [4.69, 9.17) is 9.29 Å². The Morgan fingerprint density at radius 3 is 2.23 bits per heavy atom. The number of ether oxygens (including phenoxy) is 1. The Morgan fingerprint density at radius 1 is 1.14 bits per heavy atom. The molecule has 1 fully saturated rings. The van der Waals surface area contributed by atoms with Crippen molar-refractivity contribution in [3.8, 4) is 0 Å². The van der Waals surface area contributed by atoms with Crippen LogP contribution in [0, 0.1) is 6.92 Å². The third-order valence-corrected chi connectivity index (χ3v) is 4.46. The van der Waals surface area contributed by atoms with Gasteiger partial charge in [0, 0.05) is 20.3 Å². The molecule has 1 aliphatic rings.